The smallest absolute Gasteiger partial charge is 0.178 e. The molecule has 4 rings (SSSR count). The molecule has 0 aliphatic carbocycles. The zero-order valence-corrected chi connectivity index (χ0v) is 14.5. The maximum absolute atomic E-state index is 5.95. The van der Waals surface area contributed by atoms with Crippen molar-refractivity contribution in [1.29, 1.82) is 0 Å². The summed E-state index contributed by atoms with van der Waals surface area (Å²) in [4.78, 5) is 12.2. The van der Waals surface area contributed by atoms with Crippen molar-refractivity contribution in [3.05, 3.63) is 72.4 Å². The van der Waals surface area contributed by atoms with Gasteiger partial charge in [-0.3, -0.25) is 0 Å². The summed E-state index contributed by atoms with van der Waals surface area (Å²) in [6.45, 7) is 3.05. The van der Waals surface area contributed by atoms with Crippen LogP contribution in [0.4, 0.5) is 0 Å². The molecule has 4 aromatic rings. The van der Waals surface area contributed by atoms with Crippen molar-refractivity contribution < 1.29 is 9.47 Å². The summed E-state index contributed by atoms with van der Waals surface area (Å²) < 4.78 is 11.7. The van der Waals surface area contributed by atoms with Crippen molar-refractivity contribution >= 4 is 11.2 Å². The molecule has 5 nitrogen and oxygen atoms in total. The van der Waals surface area contributed by atoms with Crippen molar-refractivity contribution in [3.63, 3.8) is 0 Å². The molecule has 1 N–H and O–H groups in total. The first-order chi connectivity index (χ1) is 12.8. The van der Waals surface area contributed by atoms with Gasteiger partial charge in [-0.05, 0) is 42.8 Å². The fraction of sp³-hybridized carbons (Fsp3) is 0.143. The first kappa shape index (κ1) is 16.1. The second-order valence-electron chi connectivity index (χ2n) is 5.83. The molecule has 0 aliphatic heterocycles. The van der Waals surface area contributed by atoms with E-state index in [0.717, 1.165) is 28.1 Å². The van der Waals surface area contributed by atoms with E-state index in [9.17, 15) is 0 Å². The third-order valence-electron chi connectivity index (χ3n) is 4.01. The van der Waals surface area contributed by atoms with E-state index in [1.165, 1.54) is 0 Å². The number of fused-ring (bicyclic) bond motifs is 1. The molecule has 0 spiro atoms. The molecule has 0 saturated carbocycles. The van der Waals surface area contributed by atoms with E-state index in [-0.39, 0.29) is 0 Å². The van der Waals surface area contributed by atoms with E-state index in [4.69, 9.17) is 9.47 Å². The van der Waals surface area contributed by atoms with Crippen LogP contribution in [-0.2, 0) is 6.61 Å². The summed E-state index contributed by atoms with van der Waals surface area (Å²) >= 11 is 0. The Morgan fingerprint density at radius 1 is 0.962 bits per heavy atom. The second kappa shape index (κ2) is 7.27. The fourth-order valence-electron chi connectivity index (χ4n) is 2.78. The van der Waals surface area contributed by atoms with E-state index < -0.39 is 0 Å². The lowest BCUT2D eigenvalue weighted by Crippen LogP contribution is -1.98. The number of hydrogen-bond acceptors (Lipinski definition) is 4. The number of rotatable bonds is 6. The highest BCUT2D eigenvalue weighted by atomic mass is 16.5. The minimum absolute atomic E-state index is 0.510. The lowest BCUT2D eigenvalue weighted by molar-refractivity contribution is 0.304. The molecule has 2 aromatic heterocycles. The van der Waals surface area contributed by atoms with E-state index >= 15 is 0 Å². The van der Waals surface area contributed by atoms with Gasteiger partial charge in [0.05, 0.1) is 17.7 Å². The summed E-state index contributed by atoms with van der Waals surface area (Å²) in [6.07, 6.45) is 1.73. The van der Waals surface area contributed by atoms with Gasteiger partial charge < -0.3 is 14.5 Å². The molecule has 2 aromatic carbocycles. The highest BCUT2D eigenvalue weighted by Crippen LogP contribution is 2.33. The first-order valence-corrected chi connectivity index (χ1v) is 8.58. The molecular weight excluding hydrogens is 326 g/mol. The Kier molecular flexibility index (Phi) is 4.51. The Labute approximate surface area is 151 Å². The molecule has 0 bridgehead atoms. The predicted molar refractivity (Wildman–Crippen MR) is 101 cm³/mol. The van der Waals surface area contributed by atoms with E-state index in [2.05, 4.69) is 15.0 Å². The summed E-state index contributed by atoms with van der Waals surface area (Å²) in [6, 6.07) is 19.7. The van der Waals surface area contributed by atoms with Crippen molar-refractivity contribution in [1.82, 2.24) is 15.0 Å². The van der Waals surface area contributed by atoms with Crippen LogP contribution in [-0.4, -0.2) is 21.6 Å². The Balaban J connectivity index is 1.66. The van der Waals surface area contributed by atoms with E-state index in [1.807, 2.05) is 67.6 Å². The number of nitrogens with zero attached hydrogens (tertiary/aromatic N) is 2. The monoisotopic (exact) mass is 345 g/mol. The highest BCUT2D eigenvalue weighted by molar-refractivity contribution is 5.78. The Hall–Kier alpha value is -3.34. The topological polar surface area (TPSA) is 60.0 Å². The molecule has 0 fully saturated rings. The second-order valence-corrected chi connectivity index (χ2v) is 5.83. The van der Waals surface area contributed by atoms with Crippen molar-refractivity contribution in [3.8, 4) is 22.9 Å². The lowest BCUT2D eigenvalue weighted by atomic mass is 10.1. The van der Waals surface area contributed by atoms with Crippen LogP contribution >= 0.6 is 0 Å². The van der Waals surface area contributed by atoms with E-state index in [0.29, 0.717) is 24.7 Å². The lowest BCUT2D eigenvalue weighted by Gasteiger charge is -2.12. The van der Waals surface area contributed by atoms with Crippen molar-refractivity contribution in [2.75, 3.05) is 6.61 Å². The van der Waals surface area contributed by atoms with Gasteiger partial charge in [0.2, 0.25) is 0 Å². The maximum atomic E-state index is 5.95. The highest BCUT2D eigenvalue weighted by Gasteiger charge is 2.13. The third-order valence-corrected chi connectivity index (χ3v) is 4.01. The van der Waals surface area contributed by atoms with Gasteiger partial charge in [0, 0.05) is 6.20 Å². The molecular formula is C21H19N3O2. The van der Waals surface area contributed by atoms with Gasteiger partial charge in [0.15, 0.2) is 5.65 Å². The zero-order valence-electron chi connectivity index (χ0n) is 14.5. The molecule has 130 valence electrons. The van der Waals surface area contributed by atoms with Crippen LogP contribution in [0, 0.1) is 0 Å². The number of imidazole rings is 1. The van der Waals surface area contributed by atoms with Crippen molar-refractivity contribution in [2.24, 2.45) is 0 Å². The fourth-order valence-corrected chi connectivity index (χ4v) is 2.78. The number of aromatic nitrogens is 3. The number of pyridine rings is 1. The molecule has 0 saturated heterocycles. The van der Waals surface area contributed by atoms with Crippen LogP contribution in [0.15, 0.2) is 66.9 Å². The quantitative estimate of drug-likeness (QED) is 0.555. The standard InChI is InChI=1S/C21H19N3O2/c1-2-25-19-11-10-16(26-14-15-7-4-3-5-8-15)13-17(19)20-23-18-9-6-12-22-21(18)24-20/h3-13H,2,14H2,1H3,(H,22,23,24). The molecule has 26 heavy (non-hydrogen) atoms. The number of aromatic amines is 1. The number of ether oxygens (including phenoxy) is 2. The number of hydrogen-bond donors (Lipinski definition) is 1. The zero-order chi connectivity index (χ0) is 17.8. The van der Waals surface area contributed by atoms with Crippen LogP contribution in [0.5, 0.6) is 11.5 Å². The van der Waals surface area contributed by atoms with Crippen LogP contribution in [0.1, 0.15) is 12.5 Å². The predicted octanol–water partition coefficient (Wildman–Crippen LogP) is 4.60. The Bertz CT molecular complexity index is 979. The minimum atomic E-state index is 0.510. The minimum Gasteiger partial charge on any atom is -0.493 e. The summed E-state index contributed by atoms with van der Waals surface area (Å²) in [7, 11) is 0. The number of nitrogens with one attached hydrogen (secondary N) is 1. The number of benzene rings is 2. The molecule has 0 unspecified atom stereocenters. The molecule has 5 heteroatoms. The van der Waals surface area contributed by atoms with Crippen molar-refractivity contribution in [2.45, 2.75) is 13.5 Å². The Morgan fingerprint density at radius 2 is 1.85 bits per heavy atom. The van der Waals surface area contributed by atoms with E-state index in [1.54, 1.807) is 6.20 Å². The van der Waals surface area contributed by atoms with Gasteiger partial charge in [0.25, 0.3) is 0 Å². The SMILES string of the molecule is CCOc1ccc(OCc2ccccc2)cc1-c1nc2ncccc2[nH]1. The summed E-state index contributed by atoms with van der Waals surface area (Å²) in [5.74, 6) is 2.24. The summed E-state index contributed by atoms with van der Waals surface area (Å²) in [5, 5.41) is 0. The molecule has 0 radical (unpaired) electrons. The molecule has 0 amide bonds. The van der Waals surface area contributed by atoms with Gasteiger partial charge in [-0.15, -0.1) is 0 Å². The van der Waals surface area contributed by atoms with Crippen LogP contribution in [0.2, 0.25) is 0 Å². The van der Waals surface area contributed by atoms with Gasteiger partial charge in [-0.2, -0.15) is 0 Å². The molecule has 2 heterocycles. The number of H-pyrrole nitrogens is 1. The Morgan fingerprint density at radius 3 is 2.65 bits per heavy atom. The van der Waals surface area contributed by atoms with Gasteiger partial charge in [-0.1, -0.05) is 30.3 Å². The van der Waals surface area contributed by atoms with Gasteiger partial charge >= 0.3 is 0 Å². The van der Waals surface area contributed by atoms with Gasteiger partial charge in [-0.25, -0.2) is 9.97 Å². The normalized spacial score (nSPS) is 10.8. The largest absolute Gasteiger partial charge is 0.493 e. The molecule has 0 atom stereocenters. The van der Waals surface area contributed by atoms with Crippen LogP contribution in [0.25, 0.3) is 22.6 Å². The average molecular weight is 345 g/mol. The van der Waals surface area contributed by atoms with Gasteiger partial charge in [0.1, 0.15) is 23.9 Å². The average Bonchev–Trinajstić information content (AvgIpc) is 3.12. The van der Waals surface area contributed by atoms with Crippen LogP contribution < -0.4 is 9.47 Å². The first-order valence-electron chi connectivity index (χ1n) is 8.58. The molecule has 0 aliphatic rings. The van der Waals surface area contributed by atoms with Crippen LogP contribution in [0.3, 0.4) is 0 Å². The maximum Gasteiger partial charge on any atom is 0.178 e. The summed E-state index contributed by atoms with van der Waals surface area (Å²) in [5.41, 5.74) is 3.55. The third kappa shape index (κ3) is 3.37.